The Hall–Kier alpha value is -3.08. The molecule has 0 fully saturated rings. The molecule has 25 heavy (non-hydrogen) atoms. The fourth-order valence-electron chi connectivity index (χ4n) is 3.11. The van der Waals surface area contributed by atoms with Gasteiger partial charge in [-0.25, -0.2) is 4.98 Å². The molecule has 0 spiro atoms. The summed E-state index contributed by atoms with van der Waals surface area (Å²) in [6, 6.07) is 18.3. The van der Waals surface area contributed by atoms with Crippen molar-refractivity contribution in [1.82, 2.24) is 9.97 Å². The predicted octanol–water partition coefficient (Wildman–Crippen LogP) is 3.79. The van der Waals surface area contributed by atoms with Crippen molar-refractivity contribution in [3.63, 3.8) is 0 Å². The molecule has 0 unspecified atom stereocenters. The molecule has 4 rings (SSSR count). The first kappa shape index (κ1) is 15.4. The van der Waals surface area contributed by atoms with Crippen LogP contribution >= 0.6 is 0 Å². The van der Waals surface area contributed by atoms with Crippen LogP contribution < -0.4 is 15.0 Å². The minimum Gasteiger partial charge on any atom is -0.497 e. The lowest BCUT2D eigenvalue weighted by atomic mass is 10.00. The van der Waals surface area contributed by atoms with Gasteiger partial charge in [-0.3, -0.25) is 0 Å². The highest BCUT2D eigenvalue weighted by atomic mass is 16.5. The van der Waals surface area contributed by atoms with Crippen molar-refractivity contribution in [1.29, 1.82) is 0 Å². The fraction of sp³-hybridized carbons (Fsp3) is 0.200. The highest BCUT2D eigenvalue weighted by Gasteiger charge is 2.17. The summed E-state index contributed by atoms with van der Waals surface area (Å²) in [5.74, 6) is 2.33. The molecule has 5 nitrogen and oxygen atoms in total. The Morgan fingerprint density at radius 3 is 2.80 bits per heavy atom. The first-order valence-corrected chi connectivity index (χ1v) is 8.38. The van der Waals surface area contributed by atoms with Crippen LogP contribution in [0.15, 0.2) is 60.8 Å². The summed E-state index contributed by atoms with van der Waals surface area (Å²) in [6.07, 6.45) is 2.84. The Bertz CT molecular complexity index is 881. The van der Waals surface area contributed by atoms with E-state index in [4.69, 9.17) is 4.74 Å². The maximum Gasteiger partial charge on any atom is 0.229 e. The summed E-state index contributed by atoms with van der Waals surface area (Å²) in [4.78, 5) is 11.3. The summed E-state index contributed by atoms with van der Waals surface area (Å²) in [6.45, 7) is 1.85. The third kappa shape index (κ3) is 3.40. The van der Waals surface area contributed by atoms with Crippen LogP contribution in [0.1, 0.15) is 11.1 Å². The first-order valence-electron chi connectivity index (χ1n) is 8.38. The van der Waals surface area contributed by atoms with Crippen molar-refractivity contribution >= 4 is 17.5 Å². The van der Waals surface area contributed by atoms with Crippen molar-refractivity contribution in [3.05, 3.63) is 71.9 Å². The SMILES string of the molecule is COc1cccc(Nc2nccc(N3CCc4ccccc4C3)n2)c1. The average Bonchev–Trinajstić information content (AvgIpc) is 2.68. The van der Waals surface area contributed by atoms with Crippen LogP contribution in [-0.4, -0.2) is 23.6 Å². The van der Waals surface area contributed by atoms with Crippen LogP contribution in [0.5, 0.6) is 5.75 Å². The van der Waals surface area contributed by atoms with Crippen molar-refractivity contribution < 1.29 is 4.74 Å². The lowest BCUT2D eigenvalue weighted by Crippen LogP contribution is -2.31. The summed E-state index contributed by atoms with van der Waals surface area (Å²) in [5.41, 5.74) is 3.71. The predicted molar refractivity (Wildman–Crippen MR) is 99.5 cm³/mol. The van der Waals surface area contributed by atoms with Gasteiger partial charge in [-0.2, -0.15) is 4.98 Å². The number of hydrogen-bond donors (Lipinski definition) is 1. The molecule has 3 aromatic rings. The summed E-state index contributed by atoms with van der Waals surface area (Å²) in [7, 11) is 1.66. The van der Waals surface area contributed by atoms with E-state index in [-0.39, 0.29) is 0 Å². The lowest BCUT2D eigenvalue weighted by Gasteiger charge is -2.29. The topological polar surface area (TPSA) is 50.3 Å². The molecular formula is C20H20N4O. The molecule has 2 aromatic carbocycles. The second kappa shape index (κ2) is 6.81. The first-order chi connectivity index (χ1) is 12.3. The summed E-state index contributed by atoms with van der Waals surface area (Å²) >= 11 is 0. The van der Waals surface area contributed by atoms with E-state index >= 15 is 0 Å². The molecule has 0 saturated carbocycles. The Balaban J connectivity index is 1.54. The minimum atomic E-state index is 0.588. The molecule has 1 N–H and O–H groups in total. The van der Waals surface area contributed by atoms with Crippen LogP contribution in [0, 0.1) is 0 Å². The zero-order valence-electron chi connectivity index (χ0n) is 14.1. The second-order valence-electron chi connectivity index (χ2n) is 6.04. The van der Waals surface area contributed by atoms with E-state index in [2.05, 4.69) is 44.5 Å². The van der Waals surface area contributed by atoms with Crippen molar-refractivity contribution in [2.24, 2.45) is 0 Å². The zero-order chi connectivity index (χ0) is 17.1. The molecule has 1 aromatic heterocycles. The van der Waals surface area contributed by atoms with Gasteiger partial charge in [0.25, 0.3) is 0 Å². The van der Waals surface area contributed by atoms with Gasteiger partial charge in [-0.05, 0) is 35.7 Å². The summed E-state index contributed by atoms with van der Waals surface area (Å²) < 4.78 is 5.26. The van der Waals surface area contributed by atoms with Gasteiger partial charge >= 0.3 is 0 Å². The molecule has 0 amide bonds. The molecule has 126 valence electrons. The average molecular weight is 332 g/mol. The maximum absolute atomic E-state index is 5.26. The molecular weight excluding hydrogens is 312 g/mol. The van der Waals surface area contributed by atoms with Gasteiger partial charge in [0.15, 0.2) is 0 Å². The number of fused-ring (bicyclic) bond motifs is 1. The van der Waals surface area contributed by atoms with Gasteiger partial charge in [-0.15, -0.1) is 0 Å². The Morgan fingerprint density at radius 1 is 1.04 bits per heavy atom. The largest absolute Gasteiger partial charge is 0.497 e. The van der Waals surface area contributed by atoms with E-state index in [1.807, 2.05) is 30.3 Å². The molecule has 0 radical (unpaired) electrons. The lowest BCUT2D eigenvalue weighted by molar-refractivity contribution is 0.415. The molecule has 0 atom stereocenters. The number of anilines is 3. The number of hydrogen-bond acceptors (Lipinski definition) is 5. The quantitative estimate of drug-likeness (QED) is 0.788. The minimum absolute atomic E-state index is 0.588. The number of nitrogens with zero attached hydrogens (tertiary/aromatic N) is 3. The van der Waals surface area contributed by atoms with Gasteiger partial charge in [0, 0.05) is 31.0 Å². The number of benzene rings is 2. The van der Waals surface area contributed by atoms with Crippen LogP contribution in [0.25, 0.3) is 0 Å². The number of aromatic nitrogens is 2. The monoisotopic (exact) mass is 332 g/mol. The van der Waals surface area contributed by atoms with E-state index < -0.39 is 0 Å². The van der Waals surface area contributed by atoms with E-state index in [0.29, 0.717) is 5.95 Å². The molecule has 1 aliphatic rings. The van der Waals surface area contributed by atoms with Crippen molar-refractivity contribution in [2.45, 2.75) is 13.0 Å². The Labute approximate surface area is 147 Å². The Morgan fingerprint density at radius 2 is 1.92 bits per heavy atom. The van der Waals surface area contributed by atoms with Gasteiger partial charge < -0.3 is 15.0 Å². The highest BCUT2D eigenvalue weighted by Crippen LogP contribution is 2.24. The molecule has 0 bridgehead atoms. The zero-order valence-corrected chi connectivity index (χ0v) is 14.1. The molecule has 0 aliphatic carbocycles. The normalized spacial score (nSPS) is 13.2. The van der Waals surface area contributed by atoms with E-state index in [1.54, 1.807) is 13.3 Å². The molecule has 0 saturated heterocycles. The van der Waals surface area contributed by atoms with Gasteiger partial charge in [-0.1, -0.05) is 30.3 Å². The molecule has 1 aliphatic heterocycles. The number of nitrogens with one attached hydrogen (secondary N) is 1. The fourth-order valence-corrected chi connectivity index (χ4v) is 3.11. The maximum atomic E-state index is 5.26. The van der Waals surface area contributed by atoms with Crippen molar-refractivity contribution in [2.75, 3.05) is 23.9 Å². The van der Waals surface area contributed by atoms with Crippen LogP contribution in [0.2, 0.25) is 0 Å². The van der Waals surface area contributed by atoms with E-state index in [9.17, 15) is 0 Å². The van der Waals surface area contributed by atoms with Crippen LogP contribution in [-0.2, 0) is 13.0 Å². The van der Waals surface area contributed by atoms with E-state index in [0.717, 1.165) is 36.8 Å². The number of methoxy groups -OCH3 is 1. The third-order valence-corrected chi connectivity index (χ3v) is 4.42. The summed E-state index contributed by atoms with van der Waals surface area (Å²) in [5, 5.41) is 3.25. The Kier molecular flexibility index (Phi) is 4.21. The van der Waals surface area contributed by atoms with Crippen LogP contribution in [0.4, 0.5) is 17.5 Å². The third-order valence-electron chi connectivity index (χ3n) is 4.42. The molecule has 2 heterocycles. The van der Waals surface area contributed by atoms with Gasteiger partial charge in [0.1, 0.15) is 11.6 Å². The van der Waals surface area contributed by atoms with Crippen molar-refractivity contribution in [3.8, 4) is 5.75 Å². The smallest absolute Gasteiger partial charge is 0.229 e. The molecule has 5 heteroatoms. The van der Waals surface area contributed by atoms with Gasteiger partial charge in [0.2, 0.25) is 5.95 Å². The van der Waals surface area contributed by atoms with Gasteiger partial charge in [0.05, 0.1) is 7.11 Å². The second-order valence-corrected chi connectivity index (χ2v) is 6.04. The number of rotatable bonds is 4. The van der Waals surface area contributed by atoms with E-state index in [1.165, 1.54) is 11.1 Å². The standard InChI is InChI=1S/C20H20N4O/c1-25-18-8-4-7-17(13-18)22-20-21-11-9-19(23-20)24-12-10-15-5-2-3-6-16(15)14-24/h2-9,11,13H,10,12,14H2,1H3,(H,21,22,23). The highest BCUT2D eigenvalue weighted by molar-refractivity contribution is 5.57. The van der Waals surface area contributed by atoms with Crippen LogP contribution in [0.3, 0.4) is 0 Å². The number of ether oxygens (including phenoxy) is 1.